The van der Waals surface area contributed by atoms with Crippen LogP contribution in [0.1, 0.15) is 5.56 Å². The van der Waals surface area contributed by atoms with Crippen LogP contribution in [-0.2, 0) is 0 Å². The second kappa shape index (κ2) is 3.65. The molecule has 2 aromatic rings. The Balaban J connectivity index is 2.59. The molecule has 0 saturated carbocycles. The summed E-state index contributed by atoms with van der Waals surface area (Å²) in [6, 6.07) is 7.16. The Morgan fingerprint density at radius 2 is 1.93 bits per heavy atom. The van der Waals surface area contributed by atoms with E-state index >= 15 is 0 Å². The van der Waals surface area contributed by atoms with Gasteiger partial charge in [-0.25, -0.2) is 4.98 Å². The second-order valence-electron chi connectivity index (χ2n) is 3.26. The third-order valence-electron chi connectivity index (χ3n) is 2.12. The molecule has 1 N–H and O–H groups in total. The lowest BCUT2D eigenvalue weighted by Gasteiger charge is -2.01. The summed E-state index contributed by atoms with van der Waals surface area (Å²) in [4.78, 5) is 17.0. The summed E-state index contributed by atoms with van der Waals surface area (Å²) >= 11 is 0. The molecule has 0 bridgehead atoms. The summed E-state index contributed by atoms with van der Waals surface area (Å²) in [5, 5.41) is 0. The lowest BCUT2D eigenvalue weighted by atomic mass is 10.1. The number of hydrogen-bond acceptors (Lipinski definition) is 2. The molecule has 1 aromatic heterocycles. The maximum atomic E-state index is 13.4. The number of rotatable bonds is 1. The van der Waals surface area contributed by atoms with Crippen molar-refractivity contribution in [1.82, 2.24) is 9.97 Å². The molecule has 0 fully saturated rings. The van der Waals surface area contributed by atoms with Crippen molar-refractivity contribution < 1.29 is 4.39 Å². The second-order valence-corrected chi connectivity index (χ2v) is 3.26. The number of hydrogen-bond donors (Lipinski definition) is 1. The van der Waals surface area contributed by atoms with Gasteiger partial charge in [-0.05, 0) is 6.92 Å². The zero-order valence-electron chi connectivity index (χ0n) is 8.12. The molecular formula is C11H9FN2O. The molecule has 0 atom stereocenters. The van der Waals surface area contributed by atoms with Gasteiger partial charge in [-0.2, -0.15) is 4.39 Å². The molecule has 0 aliphatic heterocycles. The monoisotopic (exact) mass is 204 g/mol. The number of aromatic nitrogens is 2. The number of aryl methyl sites for hydroxylation is 1. The minimum atomic E-state index is -0.846. The Labute approximate surface area is 85.6 Å². The first-order valence-electron chi connectivity index (χ1n) is 4.48. The van der Waals surface area contributed by atoms with Crippen molar-refractivity contribution in [3.63, 3.8) is 0 Å². The van der Waals surface area contributed by atoms with Crippen LogP contribution in [-0.4, -0.2) is 9.97 Å². The van der Waals surface area contributed by atoms with Crippen LogP contribution in [0.4, 0.5) is 4.39 Å². The Hall–Kier alpha value is -1.97. The van der Waals surface area contributed by atoms with Crippen molar-refractivity contribution in [2.24, 2.45) is 0 Å². The summed E-state index contributed by atoms with van der Waals surface area (Å²) in [5.74, 6) is -0.846. The van der Waals surface area contributed by atoms with Crippen LogP contribution >= 0.6 is 0 Å². The fourth-order valence-electron chi connectivity index (χ4n) is 1.30. The first-order valence-corrected chi connectivity index (χ1v) is 4.48. The van der Waals surface area contributed by atoms with Gasteiger partial charge in [0.2, 0.25) is 5.82 Å². The van der Waals surface area contributed by atoms with Crippen LogP contribution in [0.5, 0.6) is 0 Å². The third kappa shape index (κ3) is 1.79. The van der Waals surface area contributed by atoms with E-state index in [2.05, 4.69) is 9.97 Å². The van der Waals surface area contributed by atoms with Crippen LogP contribution in [0, 0.1) is 12.7 Å². The lowest BCUT2D eigenvalue weighted by molar-refractivity contribution is 0.605. The Morgan fingerprint density at radius 3 is 2.60 bits per heavy atom. The van der Waals surface area contributed by atoms with Crippen molar-refractivity contribution in [1.29, 1.82) is 0 Å². The van der Waals surface area contributed by atoms with E-state index in [4.69, 9.17) is 0 Å². The van der Waals surface area contributed by atoms with Gasteiger partial charge in [-0.3, -0.25) is 4.79 Å². The first-order chi connectivity index (χ1) is 7.18. The molecular weight excluding hydrogens is 195 g/mol. The van der Waals surface area contributed by atoms with E-state index in [1.54, 1.807) is 12.1 Å². The van der Waals surface area contributed by atoms with E-state index in [0.29, 0.717) is 5.56 Å². The molecule has 0 unspecified atom stereocenters. The van der Waals surface area contributed by atoms with Gasteiger partial charge in [0.1, 0.15) is 5.69 Å². The van der Waals surface area contributed by atoms with Gasteiger partial charge in [-0.15, -0.1) is 0 Å². The molecule has 1 aromatic carbocycles. The predicted octanol–water partition coefficient (Wildman–Crippen LogP) is 1.88. The fraction of sp³-hybridized carbons (Fsp3) is 0.0909. The zero-order chi connectivity index (χ0) is 10.8. The van der Waals surface area contributed by atoms with Gasteiger partial charge < -0.3 is 4.98 Å². The summed E-state index contributed by atoms with van der Waals surface area (Å²) < 4.78 is 13.4. The predicted molar refractivity (Wildman–Crippen MR) is 55.0 cm³/mol. The molecule has 0 spiro atoms. The highest BCUT2D eigenvalue weighted by molar-refractivity contribution is 5.59. The van der Waals surface area contributed by atoms with Gasteiger partial charge in [0.05, 0.1) is 6.33 Å². The lowest BCUT2D eigenvalue weighted by Crippen LogP contribution is -2.12. The van der Waals surface area contributed by atoms with E-state index in [9.17, 15) is 9.18 Å². The van der Waals surface area contributed by atoms with Gasteiger partial charge in [0.25, 0.3) is 5.56 Å². The highest BCUT2D eigenvalue weighted by atomic mass is 19.1. The number of nitrogens with zero attached hydrogens (tertiary/aromatic N) is 1. The standard InChI is InChI=1S/C11H9FN2O/c1-7-2-4-8(5-3-7)10-9(12)11(15)14-6-13-10/h2-6H,1H3,(H,13,14,15). The van der Waals surface area contributed by atoms with Gasteiger partial charge in [0.15, 0.2) is 0 Å². The highest BCUT2D eigenvalue weighted by Gasteiger charge is 2.09. The molecule has 76 valence electrons. The first kappa shape index (κ1) is 9.58. The fourth-order valence-corrected chi connectivity index (χ4v) is 1.30. The molecule has 1 heterocycles. The molecule has 0 aliphatic carbocycles. The average molecular weight is 204 g/mol. The molecule has 0 radical (unpaired) electrons. The number of aromatic amines is 1. The summed E-state index contributed by atoms with van der Waals surface area (Å²) in [6.07, 6.45) is 1.20. The van der Waals surface area contributed by atoms with Gasteiger partial charge in [0, 0.05) is 5.56 Å². The van der Waals surface area contributed by atoms with Crippen molar-refractivity contribution in [2.45, 2.75) is 6.92 Å². The maximum Gasteiger partial charge on any atom is 0.287 e. The van der Waals surface area contributed by atoms with Crippen molar-refractivity contribution in [3.05, 3.63) is 52.3 Å². The van der Waals surface area contributed by atoms with Crippen molar-refractivity contribution >= 4 is 0 Å². The van der Waals surface area contributed by atoms with Crippen molar-refractivity contribution in [3.8, 4) is 11.3 Å². The molecule has 0 amide bonds. The Morgan fingerprint density at radius 1 is 1.27 bits per heavy atom. The zero-order valence-corrected chi connectivity index (χ0v) is 8.12. The van der Waals surface area contributed by atoms with E-state index in [0.717, 1.165) is 5.56 Å². The molecule has 4 heteroatoms. The smallest absolute Gasteiger partial charge is 0.287 e. The minimum absolute atomic E-state index is 0.0822. The highest BCUT2D eigenvalue weighted by Crippen LogP contribution is 2.17. The number of halogens is 1. The van der Waals surface area contributed by atoms with Crippen LogP contribution in [0.3, 0.4) is 0 Å². The van der Waals surface area contributed by atoms with Crippen molar-refractivity contribution in [2.75, 3.05) is 0 Å². The molecule has 0 aliphatic rings. The topological polar surface area (TPSA) is 45.8 Å². The molecule has 3 nitrogen and oxygen atoms in total. The number of H-pyrrole nitrogens is 1. The number of benzene rings is 1. The summed E-state index contributed by atoms with van der Waals surface area (Å²) in [7, 11) is 0. The summed E-state index contributed by atoms with van der Waals surface area (Å²) in [6.45, 7) is 1.94. The van der Waals surface area contributed by atoms with E-state index in [-0.39, 0.29) is 5.69 Å². The van der Waals surface area contributed by atoms with Gasteiger partial charge in [-0.1, -0.05) is 29.8 Å². The Bertz CT molecular complexity index is 531. The Kier molecular flexibility index (Phi) is 2.33. The van der Waals surface area contributed by atoms with Gasteiger partial charge >= 0.3 is 0 Å². The van der Waals surface area contributed by atoms with E-state index in [1.165, 1.54) is 6.33 Å². The number of nitrogens with one attached hydrogen (secondary N) is 1. The summed E-state index contributed by atoms with van der Waals surface area (Å²) in [5.41, 5.74) is 1.01. The molecule has 15 heavy (non-hydrogen) atoms. The quantitative estimate of drug-likeness (QED) is 0.770. The van der Waals surface area contributed by atoms with Crippen LogP contribution in [0.15, 0.2) is 35.4 Å². The van der Waals surface area contributed by atoms with E-state index in [1.807, 2.05) is 19.1 Å². The average Bonchev–Trinajstić information content (AvgIpc) is 2.24. The maximum absolute atomic E-state index is 13.4. The van der Waals surface area contributed by atoms with E-state index < -0.39 is 11.4 Å². The minimum Gasteiger partial charge on any atom is -0.311 e. The molecule has 2 rings (SSSR count). The van der Waals surface area contributed by atoms with Crippen LogP contribution in [0.25, 0.3) is 11.3 Å². The van der Waals surface area contributed by atoms with Crippen LogP contribution in [0.2, 0.25) is 0 Å². The van der Waals surface area contributed by atoms with Crippen LogP contribution < -0.4 is 5.56 Å². The SMILES string of the molecule is Cc1ccc(-c2nc[nH]c(=O)c2F)cc1. The normalized spacial score (nSPS) is 10.3. The molecule has 0 saturated heterocycles. The largest absolute Gasteiger partial charge is 0.311 e. The third-order valence-corrected chi connectivity index (χ3v) is 2.12.